The average molecular weight is 396 g/mol. The van der Waals surface area contributed by atoms with Gasteiger partial charge in [-0.1, -0.05) is 0 Å². The molecule has 29 heavy (non-hydrogen) atoms. The fraction of sp³-hybridized carbons (Fsp3) is 0.333. The highest BCUT2D eigenvalue weighted by Gasteiger charge is 2.46. The Morgan fingerprint density at radius 2 is 1.62 bits per heavy atom. The van der Waals surface area contributed by atoms with Gasteiger partial charge in [-0.05, 0) is 36.4 Å². The molecule has 3 heterocycles. The van der Waals surface area contributed by atoms with Gasteiger partial charge in [-0.3, -0.25) is 9.59 Å². The van der Waals surface area contributed by atoms with E-state index in [1.54, 1.807) is 30.3 Å². The summed E-state index contributed by atoms with van der Waals surface area (Å²) in [5.41, 5.74) is 1.59. The lowest BCUT2D eigenvalue weighted by Crippen LogP contribution is -3.19. The molecule has 3 aliphatic rings. The molecule has 0 unspecified atom stereocenters. The van der Waals surface area contributed by atoms with Gasteiger partial charge in [0.05, 0.1) is 38.3 Å². The maximum atomic E-state index is 13.1. The fourth-order valence-electron chi connectivity index (χ4n) is 4.31. The maximum absolute atomic E-state index is 13.1. The SMILES string of the molecule is O=C1C[C@H]([NH+]2CCN(c3ccc(O)cc3)CC2)C(=O)N1c1ccc2c(c1)OCO2. The number of phenolic OH excluding ortho intramolecular Hbond substituents is 1. The standard InChI is InChI=1S/C21H21N3O5/c25-16-4-1-14(2-5-16)22-7-9-23(10-8-22)17-12-20(26)24(21(17)27)15-3-6-18-19(11-15)29-13-28-18/h1-6,11,17,25H,7-10,12-13H2/p+1/t17-/m0/s1. The summed E-state index contributed by atoms with van der Waals surface area (Å²) >= 11 is 0. The summed E-state index contributed by atoms with van der Waals surface area (Å²) in [6.07, 6.45) is 0.224. The second kappa shape index (κ2) is 6.97. The molecule has 0 spiro atoms. The zero-order valence-corrected chi connectivity index (χ0v) is 15.8. The van der Waals surface area contributed by atoms with E-state index in [-0.39, 0.29) is 36.8 Å². The Balaban J connectivity index is 1.27. The zero-order chi connectivity index (χ0) is 20.0. The monoisotopic (exact) mass is 396 g/mol. The molecule has 2 aromatic carbocycles. The van der Waals surface area contributed by atoms with Crippen molar-refractivity contribution in [2.24, 2.45) is 0 Å². The first-order valence-corrected chi connectivity index (χ1v) is 9.75. The number of carbonyl (C=O) groups is 2. The lowest BCUT2D eigenvalue weighted by atomic mass is 10.1. The van der Waals surface area contributed by atoms with Crippen molar-refractivity contribution in [1.82, 2.24) is 0 Å². The van der Waals surface area contributed by atoms with Crippen LogP contribution in [0.5, 0.6) is 17.2 Å². The number of carbonyl (C=O) groups excluding carboxylic acids is 2. The second-order valence-electron chi connectivity index (χ2n) is 7.52. The largest absolute Gasteiger partial charge is 0.508 e. The molecule has 0 aliphatic carbocycles. The predicted molar refractivity (Wildman–Crippen MR) is 104 cm³/mol. The molecule has 1 atom stereocenters. The van der Waals surface area contributed by atoms with E-state index in [1.807, 2.05) is 12.1 Å². The number of piperazine rings is 1. The van der Waals surface area contributed by atoms with Gasteiger partial charge in [-0.25, -0.2) is 4.90 Å². The molecule has 3 aliphatic heterocycles. The number of nitrogens with zero attached hydrogens (tertiary/aromatic N) is 2. The second-order valence-corrected chi connectivity index (χ2v) is 7.52. The number of imide groups is 1. The molecular weight excluding hydrogens is 374 g/mol. The third kappa shape index (κ3) is 3.15. The van der Waals surface area contributed by atoms with Gasteiger partial charge < -0.3 is 24.4 Å². The van der Waals surface area contributed by atoms with E-state index in [2.05, 4.69) is 4.90 Å². The van der Waals surface area contributed by atoms with Gasteiger partial charge >= 0.3 is 0 Å². The van der Waals surface area contributed by atoms with Crippen LogP contribution in [0.25, 0.3) is 0 Å². The normalized spacial score (nSPS) is 21.9. The minimum absolute atomic E-state index is 0.151. The zero-order valence-electron chi connectivity index (χ0n) is 15.8. The van der Waals surface area contributed by atoms with Gasteiger partial charge in [0.15, 0.2) is 17.5 Å². The van der Waals surface area contributed by atoms with E-state index in [9.17, 15) is 14.7 Å². The number of rotatable bonds is 3. The van der Waals surface area contributed by atoms with Crippen LogP contribution < -0.4 is 24.2 Å². The highest BCUT2D eigenvalue weighted by molar-refractivity contribution is 6.22. The third-order valence-electron chi connectivity index (χ3n) is 5.87. The molecule has 8 heteroatoms. The fourth-order valence-corrected chi connectivity index (χ4v) is 4.31. The van der Waals surface area contributed by atoms with Gasteiger partial charge in [0.1, 0.15) is 5.75 Å². The Hall–Kier alpha value is -3.26. The minimum atomic E-state index is -0.352. The van der Waals surface area contributed by atoms with Gasteiger partial charge in [-0.2, -0.15) is 0 Å². The number of aromatic hydroxyl groups is 1. The van der Waals surface area contributed by atoms with Crippen LogP contribution in [0.4, 0.5) is 11.4 Å². The van der Waals surface area contributed by atoms with E-state index in [4.69, 9.17) is 9.47 Å². The van der Waals surface area contributed by atoms with Gasteiger partial charge in [0, 0.05) is 11.8 Å². The van der Waals surface area contributed by atoms with E-state index >= 15 is 0 Å². The molecule has 2 saturated heterocycles. The van der Waals surface area contributed by atoms with Gasteiger partial charge in [0.25, 0.3) is 5.91 Å². The summed E-state index contributed by atoms with van der Waals surface area (Å²) in [6, 6.07) is 11.9. The number of fused-ring (bicyclic) bond motifs is 1. The Morgan fingerprint density at radius 1 is 0.931 bits per heavy atom. The Morgan fingerprint density at radius 3 is 2.38 bits per heavy atom. The van der Waals surface area contributed by atoms with Crippen LogP contribution in [0.3, 0.4) is 0 Å². The van der Waals surface area contributed by atoms with Crippen molar-refractivity contribution in [2.75, 3.05) is 42.8 Å². The summed E-state index contributed by atoms with van der Waals surface area (Å²) < 4.78 is 10.7. The molecule has 0 bridgehead atoms. The lowest BCUT2D eigenvalue weighted by molar-refractivity contribution is -0.915. The molecule has 8 nitrogen and oxygen atoms in total. The number of amides is 2. The van der Waals surface area contributed by atoms with Crippen molar-refractivity contribution in [3.8, 4) is 17.2 Å². The van der Waals surface area contributed by atoms with Crippen LogP contribution >= 0.6 is 0 Å². The molecular formula is C21H22N3O5+. The van der Waals surface area contributed by atoms with Gasteiger partial charge in [0.2, 0.25) is 12.7 Å². The number of quaternary nitrogens is 1. The molecule has 2 N–H and O–H groups in total. The minimum Gasteiger partial charge on any atom is -0.508 e. The van der Waals surface area contributed by atoms with Crippen molar-refractivity contribution in [3.63, 3.8) is 0 Å². The number of anilines is 2. The third-order valence-corrected chi connectivity index (χ3v) is 5.87. The highest BCUT2D eigenvalue weighted by atomic mass is 16.7. The summed E-state index contributed by atoms with van der Waals surface area (Å²) in [4.78, 5) is 30.4. The van der Waals surface area contributed by atoms with E-state index in [0.717, 1.165) is 36.8 Å². The Kier molecular flexibility index (Phi) is 4.28. The van der Waals surface area contributed by atoms with Crippen molar-refractivity contribution in [3.05, 3.63) is 42.5 Å². The number of nitrogens with one attached hydrogen (secondary N) is 1. The van der Waals surface area contributed by atoms with Crippen molar-refractivity contribution in [2.45, 2.75) is 12.5 Å². The summed E-state index contributed by atoms with van der Waals surface area (Å²) in [5, 5.41) is 9.45. The van der Waals surface area contributed by atoms with E-state index < -0.39 is 0 Å². The molecule has 2 aromatic rings. The van der Waals surface area contributed by atoms with Crippen LogP contribution in [0.2, 0.25) is 0 Å². The number of ether oxygens (including phenoxy) is 2. The molecule has 0 radical (unpaired) electrons. The molecule has 2 amide bonds. The summed E-state index contributed by atoms with van der Waals surface area (Å²) in [7, 11) is 0. The molecule has 0 saturated carbocycles. The topological polar surface area (TPSA) is 83.8 Å². The van der Waals surface area contributed by atoms with Crippen molar-refractivity contribution < 1.29 is 29.1 Å². The van der Waals surface area contributed by atoms with Crippen LogP contribution in [-0.4, -0.2) is 55.9 Å². The Bertz CT molecular complexity index is 953. The van der Waals surface area contributed by atoms with Crippen molar-refractivity contribution >= 4 is 23.2 Å². The number of hydrogen-bond acceptors (Lipinski definition) is 6. The van der Waals surface area contributed by atoms with Gasteiger partial charge in [-0.15, -0.1) is 0 Å². The van der Waals surface area contributed by atoms with Crippen molar-refractivity contribution in [1.29, 1.82) is 0 Å². The maximum Gasteiger partial charge on any atom is 0.292 e. The lowest BCUT2D eigenvalue weighted by Gasteiger charge is -2.35. The average Bonchev–Trinajstić information content (AvgIpc) is 3.32. The molecule has 150 valence electrons. The molecule has 2 fully saturated rings. The number of phenols is 1. The first-order chi connectivity index (χ1) is 14.1. The summed E-state index contributed by atoms with van der Waals surface area (Å²) in [5.74, 6) is 1.10. The van der Waals surface area contributed by atoms with E-state index in [1.165, 1.54) is 4.90 Å². The number of hydrogen-bond donors (Lipinski definition) is 2. The molecule has 5 rings (SSSR count). The summed E-state index contributed by atoms with van der Waals surface area (Å²) in [6.45, 7) is 3.29. The predicted octanol–water partition coefficient (Wildman–Crippen LogP) is 0.158. The number of benzene rings is 2. The quantitative estimate of drug-likeness (QED) is 0.719. The van der Waals surface area contributed by atoms with Crippen LogP contribution in [0.15, 0.2) is 42.5 Å². The highest BCUT2D eigenvalue weighted by Crippen LogP contribution is 2.36. The van der Waals surface area contributed by atoms with Crippen LogP contribution in [0, 0.1) is 0 Å². The smallest absolute Gasteiger partial charge is 0.292 e. The molecule has 0 aromatic heterocycles. The van der Waals surface area contributed by atoms with E-state index in [0.29, 0.717) is 17.2 Å². The van der Waals surface area contributed by atoms with Crippen LogP contribution in [0.1, 0.15) is 6.42 Å². The van der Waals surface area contributed by atoms with Crippen LogP contribution in [-0.2, 0) is 9.59 Å². The first-order valence-electron chi connectivity index (χ1n) is 9.75. The first kappa shape index (κ1) is 17.8. The Labute approximate surface area is 167 Å².